The van der Waals surface area contributed by atoms with Gasteiger partial charge in [0.25, 0.3) is 0 Å². The molecule has 1 aromatic heterocycles. The molecule has 1 aromatic carbocycles. The van der Waals surface area contributed by atoms with Crippen LogP contribution in [0, 0.1) is 6.92 Å². The van der Waals surface area contributed by atoms with Gasteiger partial charge in [0.2, 0.25) is 0 Å². The van der Waals surface area contributed by atoms with E-state index < -0.39 is 0 Å². The number of nitrogens with one attached hydrogen (secondary N) is 1. The van der Waals surface area contributed by atoms with Crippen molar-refractivity contribution in [2.75, 3.05) is 6.54 Å². The predicted molar refractivity (Wildman–Crippen MR) is 79.4 cm³/mol. The summed E-state index contributed by atoms with van der Waals surface area (Å²) in [5, 5.41) is 3.57. The van der Waals surface area contributed by atoms with Crippen molar-refractivity contribution in [3.63, 3.8) is 0 Å². The minimum absolute atomic E-state index is 0.523. The van der Waals surface area contributed by atoms with Crippen molar-refractivity contribution in [3.05, 3.63) is 59.5 Å². The molecule has 0 saturated heterocycles. The van der Waals surface area contributed by atoms with Crippen LogP contribution in [-0.2, 0) is 12.8 Å². The summed E-state index contributed by atoms with van der Waals surface area (Å²) in [6, 6.07) is 13.2. The van der Waals surface area contributed by atoms with Crippen LogP contribution in [0.3, 0.4) is 0 Å². The summed E-state index contributed by atoms with van der Waals surface area (Å²) in [7, 11) is 0. The molecule has 0 bridgehead atoms. The summed E-state index contributed by atoms with van der Waals surface area (Å²) in [4.78, 5) is 0. The minimum atomic E-state index is 0.523. The van der Waals surface area contributed by atoms with E-state index in [1.165, 1.54) is 11.1 Å². The van der Waals surface area contributed by atoms with Gasteiger partial charge in [-0.05, 0) is 50.9 Å². The molecule has 0 saturated carbocycles. The molecule has 0 radical (unpaired) electrons. The van der Waals surface area contributed by atoms with E-state index in [1.807, 2.05) is 12.1 Å². The maximum absolute atomic E-state index is 5.34. The molecule has 0 aliphatic rings. The van der Waals surface area contributed by atoms with E-state index in [2.05, 4.69) is 43.4 Å². The molecule has 2 rings (SSSR count). The van der Waals surface area contributed by atoms with Crippen LogP contribution in [0.1, 0.15) is 30.2 Å². The Bertz CT molecular complexity index is 476. The monoisotopic (exact) mass is 257 g/mol. The van der Waals surface area contributed by atoms with Gasteiger partial charge in [0, 0.05) is 12.5 Å². The maximum Gasteiger partial charge on any atom is 0.103 e. The van der Waals surface area contributed by atoms with Gasteiger partial charge in [-0.3, -0.25) is 0 Å². The number of rotatable bonds is 7. The highest BCUT2D eigenvalue weighted by molar-refractivity contribution is 5.22. The van der Waals surface area contributed by atoms with Gasteiger partial charge >= 0.3 is 0 Å². The van der Waals surface area contributed by atoms with Crippen molar-refractivity contribution in [2.45, 2.75) is 39.2 Å². The molecule has 2 nitrogen and oxygen atoms in total. The van der Waals surface area contributed by atoms with Gasteiger partial charge in [-0.25, -0.2) is 0 Å². The third-order valence-electron chi connectivity index (χ3n) is 3.39. The molecule has 0 aliphatic carbocycles. The van der Waals surface area contributed by atoms with Crippen LogP contribution in [0.5, 0.6) is 0 Å². The highest BCUT2D eigenvalue weighted by Gasteiger charge is 2.03. The van der Waals surface area contributed by atoms with Crippen molar-refractivity contribution in [1.82, 2.24) is 5.32 Å². The SMILES string of the molecule is Cc1cccc(CCNC(C)CCc2ccco2)c1. The number of hydrogen-bond donors (Lipinski definition) is 1. The largest absolute Gasteiger partial charge is 0.469 e. The summed E-state index contributed by atoms with van der Waals surface area (Å²) in [6.45, 7) is 5.41. The Morgan fingerprint density at radius 3 is 2.79 bits per heavy atom. The fourth-order valence-electron chi connectivity index (χ4n) is 2.25. The molecule has 1 N–H and O–H groups in total. The highest BCUT2D eigenvalue weighted by atomic mass is 16.3. The number of furan rings is 1. The molecule has 2 heteroatoms. The third-order valence-corrected chi connectivity index (χ3v) is 3.39. The minimum Gasteiger partial charge on any atom is -0.469 e. The van der Waals surface area contributed by atoms with E-state index in [0.717, 1.165) is 31.6 Å². The first kappa shape index (κ1) is 13.9. The second-order valence-electron chi connectivity index (χ2n) is 5.21. The van der Waals surface area contributed by atoms with Gasteiger partial charge in [-0.15, -0.1) is 0 Å². The van der Waals surface area contributed by atoms with E-state index >= 15 is 0 Å². The zero-order chi connectivity index (χ0) is 13.5. The van der Waals surface area contributed by atoms with Crippen LogP contribution >= 0.6 is 0 Å². The number of hydrogen-bond acceptors (Lipinski definition) is 2. The van der Waals surface area contributed by atoms with Gasteiger partial charge in [0.1, 0.15) is 5.76 Å². The van der Waals surface area contributed by atoms with E-state index in [1.54, 1.807) is 6.26 Å². The zero-order valence-electron chi connectivity index (χ0n) is 11.9. The quantitative estimate of drug-likeness (QED) is 0.817. The Hall–Kier alpha value is -1.54. The molecular weight excluding hydrogens is 234 g/mol. The molecule has 0 spiro atoms. The Morgan fingerprint density at radius 2 is 2.05 bits per heavy atom. The lowest BCUT2D eigenvalue weighted by Crippen LogP contribution is -2.28. The van der Waals surface area contributed by atoms with Gasteiger partial charge in [-0.2, -0.15) is 0 Å². The van der Waals surface area contributed by atoms with E-state index in [4.69, 9.17) is 4.42 Å². The lowest BCUT2D eigenvalue weighted by Gasteiger charge is -2.13. The topological polar surface area (TPSA) is 25.2 Å². The standard InChI is InChI=1S/C17H23NO/c1-14-5-3-6-16(13-14)10-11-18-15(2)8-9-17-7-4-12-19-17/h3-7,12-13,15,18H,8-11H2,1-2H3. The summed E-state index contributed by atoms with van der Waals surface area (Å²) >= 11 is 0. The van der Waals surface area contributed by atoms with Gasteiger partial charge in [0.15, 0.2) is 0 Å². The lowest BCUT2D eigenvalue weighted by molar-refractivity contribution is 0.462. The highest BCUT2D eigenvalue weighted by Crippen LogP contribution is 2.07. The second kappa shape index (κ2) is 7.15. The fourth-order valence-corrected chi connectivity index (χ4v) is 2.25. The van der Waals surface area contributed by atoms with Gasteiger partial charge in [0.05, 0.1) is 6.26 Å². The lowest BCUT2D eigenvalue weighted by atomic mass is 10.1. The molecule has 1 atom stereocenters. The van der Waals surface area contributed by atoms with Gasteiger partial charge < -0.3 is 9.73 Å². The van der Waals surface area contributed by atoms with Crippen LogP contribution in [0.2, 0.25) is 0 Å². The fraction of sp³-hybridized carbons (Fsp3) is 0.412. The van der Waals surface area contributed by atoms with Crippen molar-refractivity contribution in [3.8, 4) is 0 Å². The van der Waals surface area contributed by atoms with Crippen LogP contribution in [0.15, 0.2) is 47.1 Å². The molecular formula is C17H23NO. The Balaban J connectivity index is 1.65. The molecule has 2 aromatic rings. The smallest absolute Gasteiger partial charge is 0.103 e. The maximum atomic E-state index is 5.34. The third kappa shape index (κ3) is 4.92. The first-order valence-corrected chi connectivity index (χ1v) is 7.05. The van der Waals surface area contributed by atoms with Crippen molar-refractivity contribution < 1.29 is 4.42 Å². The van der Waals surface area contributed by atoms with Crippen LogP contribution in [0.4, 0.5) is 0 Å². The Kier molecular flexibility index (Phi) is 5.22. The first-order chi connectivity index (χ1) is 9.24. The van der Waals surface area contributed by atoms with E-state index in [0.29, 0.717) is 6.04 Å². The van der Waals surface area contributed by atoms with Crippen LogP contribution in [-0.4, -0.2) is 12.6 Å². The van der Waals surface area contributed by atoms with Crippen LogP contribution in [0.25, 0.3) is 0 Å². The predicted octanol–water partition coefficient (Wildman–Crippen LogP) is 3.74. The van der Waals surface area contributed by atoms with E-state index in [9.17, 15) is 0 Å². The Morgan fingerprint density at radius 1 is 1.16 bits per heavy atom. The number of aryl methyl sites for hydroxylation is 2. The molecule has 1 heterocycles. The summed E-state index contributed by atoms with van der Waals surface area (Å²) < 4.78 is 5.34. The van der Waals surface area contributed by atoms with E-state index in [-0.39, 0.29) is 0 Å². The molecule has 0 aliphatic heterocycles. The second-order valence-corrected chi connectivity index (χ2v) is 5.21. The van der Waals surface area contributed by atoms with Gasteiger partial charge in [-0.1, -0.05) is 29.8 Å². The summed E-state index contributed by atoms with van der Waals surface area (Å²) in [5.74, 6) is 1.08. The average Bonchev–Trinajstić information content (AvgIpc) is 2.89. The van der Waals surface area contributed by atoms with Crippen molar-refractivity contribution >= 4 is 0 Å². The molecule has 0 fully saturated rings. The summed E-state index contributed by atoms with van der Waals surface area (Å²) in [5.41, 5.74) is 2.74. The molecule has 1 unspecified atom stereocenters. The van der Waals surface area contributed by atoms with Crippen LogP contribution < -0.4 is 5.32 Å². The normalized spacial score (nSPS) is 12.5. The van der Waals surface area contributed by atoms with Crippen molar-refractivity contribution in [2.24, 2.45) is 0 Å². The number of benzene rings is 1. The molecule has 0 amide bonds. The molecule has 19 heavy (non-hydrogen) atoms. The zero-order valence-corrected chi connectivity index (χ0v) is 11.9. The molecule has 102 valence electrons. The Labute approximate surface area is 115 Å². The first-order valence-electron chi connectivity index (χ1n) is 7.05. The average molecular weight is 257 g/mol. The summed E-state index contributed by atoms with van der Waals surface area (Å²) in [6.07, 6.45) is 4.95. The van der Waals surface area contributed by atoms with Crippen molar-refractivity contribution in [1.29, 1.82) is 0 Å².